The average molecular weight is 539 g/mol. The lowest BCUT2D eigenvalue weighted by atomic mass is 9.88. The van der Waals surface area contributed by atoms with Gasteiger partial charge < -0.3 is 15.1 Å². The number of piperazine rings is 1. The molecule has 2 aromatic rings. The molecule has 1 heterocycles. The fraction of sp³-hybridized carbons (Fsp3) is 0.567. The minimum atomic E-state index is -3.84. The Balaban J connectivity index is 1.38. The molecule has 0 bridgehead atoms. The third kappa shape index (κ3) is 6.41. The highest BCUT2D eigenvalue weighted by molar-refractivity contribution is 7.89. The summed E-state index contributed by atoms with van der Waals surface area (Å²) in [6, 6.07) is 13.3. The van der Waals surface area contributed by atoms with Gasteiger partial charge in [0.15, 0.2) is 0 Å². The summed E-state index contributed by atoms with van der Waals surface area (Å²) in [5, 5.41) is 2.99. The van der Waals surface area contributed by atoms with Crippen LogP contribution in [0.1, 0.15) is 75.5 Å². The molecule has 2 aliphatic carbocycles. The van der Waals surface area contributed by atoms with Gasteiger partial charge in [0.05, 0.1) is 5.69 Å². The van der Waals surface area contributed by atoms with Gasteiger partial charge in [-0.3, -0.25) is 4.79 Å². The van der Waals surface area contributed by atoms with Crippen LogP contribution in [-0.4, -0.2) is 51.9 Å². The molecular formula is C30H42N4O3S. The van der Waals surface area contributed by atoms with Crippen LogP contribution in [0.5, 0.6) is 0 Å². The monoisotopic (exact) mass is 538 g/mol. The van der Waals surface area contributed by atoms with Crippen LogP contribution in [0.4, 0.5) is 11.4 Å². The molecule has 206 valence electrons. The number of fused-ring (bicyclic) bond motifs is 1. The van der Waals surface area contributed by atoms with E-state index in [0.29, 0.717) is 23.7 Å². The number of sulfonamides is 1. The van der Waals surface area contributed by atoms with Gasteiger partial charge in [-0.15, -0.1) is 0 Å². The van der Waals surface area contributed by atoms with E-state index in [1.807, 2.05) is 30.3 Å². The summed E-state index contributed by atoms with van der Waals surface area (Å²) < 4.78 is 31.0. The zero-order chi connectivity index (χ0) is 26.5. The summed E-state index contributed by atoms with van der Waals surface area (Å²) in [6.07, 6.45) is 9.04. The number of benzene rings is 2. The number of hydrogen-bond acceptors (Lipinski definition) is 5. The lowest BCUT2D eigenvalue weighted by Crippen LogP contribution is -2.46. The Morgan fingerprint density at radius 1 is 0.974 bits per heavy atom. The lowest BCUT2D eigenvalue weighted by Gasteiger charge is -2.36. The van der Waals surface area contributed by atoms with Crippen molar-refractivity contribution in [2.75, 3.05) is 42.9 Å². The zero-order valence-corrected chi connectivity index (χ0v) is 23.4. The average Bonchev–Trinajstić information content (AvgIpc) is 3.46. The quantitative estimate of drug-likeness (QED) is 0.465. The summed E-state index contributed by atoms with van der Waals surface area (Å²) in [5.41, 5.74) is 3.53. The minimum absolute atomic E-state index is 0.0428. The van der Waals surface area contributed by atoms with Gasteiger partial charge >= 0.3 is 0 Å². The summed E-state index contributed by atoms with van der Waals surface area (Å²) in [5.74, 6) is 0.599. The van der Waals surface area contributed by atoms with E-state index in [9.17, 15) is 13.2 Å². The predicted molar refractivity (Wildman–Crippen MR) is 153 cm³/mol. The molecule has 0 unspecified atom stereocenters. The number of nitrogens with one attached hydrogen (secondary N) is 2. The van der Waals surface area contributed by atoms with Crippen molar-refractivity contribution in [2.45, 2.75) is 75.6 Å². The van der Waals surface area contributed by atoms with Gasteiger partial charge in [-0.2, -0.15) is 0 Å². The standard InChI is InChI=1S/C30H42N4O3S/c1-2-33-18-20-34(21-19-33)28-16-15-25(31-30(35)17-14-23-8-3-4-9-23)22-29(28)38(36,37)32-27-13-7-11-24-10-5-6-12-26(24)27/h5-6,10,12,15-16,22-23,27,32H,2-4,7-9,11,13-14,17-21H2,1H3,(H,31,35)/t27-/m1/s1. The van der Waals surface area contributed by atoms with Crippen LogP contribution in [0.25, 0.3) is 0 Å². The van der Waals surface area contributed by atoms with E-state index in [1.54, 1.807) is 6.07 Å². The van der Waals surface area contributed by atoms with Gasteiger partial charge in [-0.1, -0.05) is 56.9 Å². The second-order valence-corrected chi connectivity index (χ2v) is 12.8. The van der Waals surface area contributed by atoms with Crippen molar-refractivity contribution in [3.05, 3.63) is 53.6 Å². The smallest absolute Gasteiger partial charge is 0.243 e. The maximum atomic E-state index is 14.0. The van der Waals surface area contributed by atoms with Gasteiger partial charge in [0.1, 0.15) is 4.90 Å². The van der Waals surface area contributed by atoms with Crippen molar-refractivity contribution >= 4 is 27.3 Å². The van der Waals surface area contributed by atoms with Crippen LogP contribution >= 0.6 is 0 Å². The van der Waals surface area contributed by atoms with Crippen molar-refractivity contribution in [1.82, 2.24) is 9.62 Å². The van der Waals surface area contributed by atoms with E-state index < -0.39 is 10.0 Å². The normalized spacial score (nSPS) is 20.9. The molecule has 2 N–H and O–H groups in total. The summed E-state index contributed by atoms with van der Waals surface area (Å²) >= 11 is 0. The van der Waals surface area contributed by atoms with E-state index in [-0.39, 0.29) is 16.8 Å². The number of rotatable bonds is 9. The molecule has 5 rings (SSSR count). The number of nitrogens with zero attached hydrogens (tertiary/aromatic N) is 2. The molecule has 0 radical (unpaired) electrons. The van der Waals surface area contributed by atoms with Crippen LogP contribution in [0.3, 0.4) is 0 Å². The van der Waals surface area contributed by atoms with Crippen molar-refractivity contribution in [2.24, 2.45) is 5.92 Å². The summed E-state index contributed by atoms with van der Waals surface area (Å²) in [4.78, 5) is 17.5. The van der Waals surface area contributed by atoms with Gasteiger partial charge in [-0.25, -0.2) is 13.1 Å². The number of hydrogen-bond donors (Lipinski definition) is 2. The first-order valence-electron chi connectivity index (χ1n) is 14.4. The molecule has 1 saturated carbocycles. The molecule has 0 spiro atoms. The molecule has 8 heteroatoms. The second kappa shape index (κ2) is 12.2. The SMILES string of the molecule is CCN1CCN(c2ccc(NC(=O)CCC3CCCC3)cc2S(=O)(=O)N[C@@H]2CCCc3ccccc32)CC1. The summed E-state index contributed by atoms with van der Waals surface area (Å²) in [6.45, 7) is 6.50. The topological polar surface area (TPSA) is 81.8 Å². The Morgan fingerprint density at radius 3 is 2.50 bits per heavy atom. The first-order chi connectivity index (χ1) is 18.4. The Hall–Kier alpha value is -2.42. The predicted octanol–water partition coefficient (Wildman–Crippen LogP) is 5.09. The molecule has 7 nitrogen and oxygen atoms in total. The molecule has 3 aliphatic rings. The van der Waals surface area contributed by atoms with Gasteiger partial charge in [-0.05, 0) is 67.5 Å². The van der Waals surface area contributed by atoms with E-state index >= 15 is 0 Å². The number of anilines is 2. The van der Waals surface area contributed by atoms with Crippen LogP contribution in [0.15, 0.2) is 47.4 Å². The number of aryl methyl sites for hydroxylation is 1. The zero-order valence-electron chi connectivity index (χ0n) is 22.6. The highest BCUT2D eigenvalue weighted by atomic mass is 32.2. The molecule has 1 saturated heterocycles. The molecule has 0 aromatic heterocycles. The number of carbonyl (C=O) groups excluding carboxylic acids is 1. The van der Waals surface area contributed by atoms with E-state index in [0.717, 1.165) is 64.0 Å². The molecule has 2 aromatic carbocycles. The van der Waals surface area contributed by atoms with Gasteiger partial charge in [0.25, 0.3) is 0 Å². The van der Waals surface area contributed by atoms with E-state index in [4.69, 9.17) is 0 Å². The maximum absolute atomic E-state index is 14.0. The largest absolute Gasteiger partial charge is 0.368 e. The Labute approximate surface area is 228 Å². The second-order valence-electron chi connectivity index (χ2n) is 11.1. The van der Waals surface area contributed by atoms with Gasteiger partial charge in [0, 0.05) is 44.3 Å². The van der Waals surface area contributed by atoms with E-state index in [2.05, 4.69) is 32.8 Å². The molecule has 1 atom stereocenters. The maximum Gasteiger partial charge on any atom is 0.243 e. The fourth-order valence-electron chi connectivity index (χ4n) is 6.36. The highest BCUT2D eigenvalue weighted by Crippen LogP contribution is 2.34. The van der Waals surface area contributed by atoms with Crippen LogP contribution < -0.4 is 14.9 Å². The number of likely N-dealkylation sites (N-methyl/N-ethyl adjacent to an activating group) is 1. The van der Waals surface area contributed by atoms with Crippen molar-refractivity contribution < 1.29 is 13.2 Å². The van der Waals surface area contributed by atoms with Crippen LogP contribution in [0, 0.1) is 5.92 Å². The molecule has 1 aliphatic heterocycles. The molecule has 1 amide bonds. The van der Waals surface area contributed by atoms with Crippen molar-refractivity contribution in [3.8, 4) is 0 Å². The van der Waals surface area contributed by atoms with Crippen molar-refractivity contribution in [1.29, 1.82) is 0 Å². The van der Waals surface area contributed by atoms with E-state index in [1.165, 1.54) is 31.2 Å². The molecular weight excluding hydrogens is 496 g/mol. The van der Waals surface area contributed by atoms with Crippen LogP contribution in [-0.2, 0) is 21.2 Å². The molecule has 2 fully saturated rings. The fourth-order valence-corrected chi connectivity index (χ4v) is 7.86. The third-order valence-electron chi connectivity index (χ3n) is 8.61. The third-order valence-corrected chi connectivity index (χ3v) is 10.1. The van der Waals surface area contributed by atoms with Crippen molar-refractivity contribution in [3.63, 3.8) is 0 Å². The first-order valence-corrected chi connectivity index (χ1v) is 15.9. The first kappa shape index (κ1) is 27.2. The highest BCUT2D eigenvalue weighted by Gasteiger charge is 2.30. The lowest BCUT2D eigenvalue weighted by molar-refractivity contribution is -0.116. The Morgan fingerprint density at radius 2 is 1.74 bits per heavy atom. The number of amides is 1. The number of carbonyl (C=O) groups is 1. The Kier molecular flexibility index (Phi) is 8.71. The molecule has 38 heavy (non-hydrogen) atoms. The summed E-state index contributed by atoms with van der Waals surface area (Å²) in [7, 11) is -3.84. The van der Waals surface area contributed by atoms with Gasteiger partial charge in [0.2, 0.25) is 15.9 Å². The Bertz CT molecular complexity index is 1220. The minimum Gasteiger partial charge on any atom is -0.368 e. The van der Waals surface area contributed by atoms with Crippen LogP contribution in [0.2, 0.25) is 0 Å².